The number of carbonyl (C=O) groups is 1. The van der Waals surface area contributed by atoms with Crippen molar-refractivity contribution < 1.29 is 9.32 Å². The van der Waals surface area contributed by atoms with Crippen molar-refractivity contribution in [1.29, 1.82) is 0 Å². The lowest BCUT2D eigenvalue weighted by atomic mass is 10.2. The first kappa shape index (κ1) is 15.6. The molecule has 0 atom stereocenters. The van der Waals surface area contributed by atoms with Crippen molar-refractivity contribution >= 4 is 33.2 Å². The first-order chi connectivity index (χ1) is 10.7. The molecule has 2 aromatic rings. The maximum atomic E-state index is 12.2. The number of hydrogen-bond donors (Lipinski definition) is 1. The standard InChI is InChI=1S/C14H17BrN4O2S/c15-10-8-11(22-9-10)14-17-12(21-18-14)2-3-13(20)19-6-1-4-16-5-7-19/h8-9,16H,1-7H2. The van der Waals surface area contributed by atoms with Gasteiger partial charge in [-0.05, 0) is 35.0 Å². The minimum absolute atomic E-state index is 0.155. The number of nitrogens with one attached hydrogen (secondary N) is 1. The van der Waals surface area contributed by atoms with Crippen LogP contribution in [-0.2, 0) is 11.2 Å². The fourth-order valence-corrected chi connectivity index (χ4v) is 3.71. The van der Waals surface area contributed by atoms with Gasteiger partial charge in [-0.1, -0.05) is 5.16 Å². The number of rotatable bonds is 4. The molecule has 0 unspecified atom stereocenters. The van der Waals surface area contributed by atoms with Gasteiger partial charge in [0.15, 0.2) is 0 Å². The minimum atomic E-state index is 0.155. The number of carbonyl (C=O) groups excluding carboxylic acids is 1. The summed E-state index contributed by atoms with van der Waals surface area (Å²) in [4.78, 5) is 19.4. The summed E-state index contributed by atoms with van der Waals surface area (Å²) >= 11 is 4.96. The van der Waals surface area contributed by atoms with E-state index in [-0.39, 0.29) is 5.91 Å². The number of aryl methyl sites for hydroxylation is 1. The molecule has 1 amide bonds. The summed E-state index contributed by atoms with van der Waals surface area (Å²) < 4.78 is 6.24. The average Bonchev–Trinajstić information content (AvgIpc) is 3.06. The first-order valence-corrected chi connectivity index (χ1v) is 8.95. The van der Waals surface area contributed by atoms with Crippen molar-refractivity contribution in [3.05, 3.63) is 21.8 Å². The smallest absolute Gasteiger partial charge is 0.227 e. The van der Waals surface area contributed by atoms with Crippen LogP contribution in [0.15, 0.2) is 20.4 Å². The normalized spacial score (nSPS) is 15.8. The molecule has 0 spiro atoms. The molecule has 1 aliphatic heterocycles. The van der Waals surface area contributed by atoms with Crippen molar-refractivity contribution in [2.75, 3.05) is 26.2 Å². The zero-order valence-electron chi connectivity index (χ0n) is 12.0. The Hall–Kier alpha value is -1.25. The molecular weight excluding hydrogens is 368 g/mol. The lowest BCUT2D eigenvalue weighted by molar-refractivity contribution is -0.131. The number of amides is 1. The van der Waals surface area contributed by atoms with Crippen LogP contribution in [0.1, 0.15) is 18.7 Å². The third-order valence-corrected chi connectivity index (χ3v) is 5.19. The lowest BCUT2D eigenvalue weighted by Crippen LogP contribution is -2.34. The first-order valence-electron chi connectivity index (χ1n) is 7.28. The van der Waals surface area contributed by atoms with Crippen LogP contribution in [0.5, 0.6) is 0 Å². The summed E-state index contributed by atoms with van der Waals surface area (Å²) in [5.41, 5.74) is 0. The Morgan fingerprint density at radius 1 is 1.45 bits per heavy atom. The van der Waals surface area contributed by atoms with E-state index in [1.807, 2.05) is 16.3 Å². The molecule has 3 heterocycles. The van der Waals surface area contributed by atoms with Crippen molar-refractivity contribution in [2.45, 2.75) is 19.3 Å². The van der Waals surface area contributed by atoms with Crippen LogP contribution < -0.4 is 5.32 Å². The van der Waals surface area contributed by atoms with Crippen molar-refractivity contribution in [1.82, 2.24) is 20.4 Å². The fourth-order valence-electron chi connectivity index (χ4n) is 2.35. The molecule has 118 valence electrons. The van der Waals surface area contributed by atoms with Gasteiger partial charge in [0.25, 0.3) is 0 Å². The number of nitrogens with zero attached hydrogens (tertiary/aromatic N) is 3. The lowest BCUT2D eigenvalue weighted by Gasteiger charge is -2.19. The monoisotopic (exact) mass is 384 g/mol. The Morgan fingerprint density at radius 2 is 2.36 bits per heavy atom. The molecule has 1 fully saturated rings. The zero-order chi connectivity index (χ0) is 15.4. The Kier molecular flexibility index (Phi) is 5.22. The van der Waals surface area contributed by atoms with E-state index in [4.69, 9.17) is 4.52 Å². The van der Waals surface area contributed by atoms with Gasteiger partial charge in [-0.15, -0.1) is 11.3 Å². The van der Waals surface area contributed by atoms with Gasteiger partial charge in [-0.3, -0.25) is 4.79 Å². The Bertz CT molecular complexity index is 634. The van der Waals surface area contributed by atoms with Crippen LogP contribution in [0, 0.1) is 0 Å². The van der Waals surface area contributed by atoms with Crippen molar-refractivity contribution in [3.8, 4) is 10.7 Å². The van der Waals surface area contributed by atoms with Gasteiger partial charge in [-0.2, -0.15) is 4.98 Å². The number of thiophene rings is 1. The molecule has 1 aliphatic rings. The van der Waals surface area contributed by atoms with E-state index in [2.05, 4.69) is 31.4 Å². The average molecular weight is 385 g/mol. The highest BCUT2D eigenvalue weighted by Gasteiger charge is 2.17. The molecule has 1 saturated heterocycles. The highest BCUT2D eigenvalue weighted by Crippen LogP contribution is 2.27. The highest BCUT2D eigenvalue weighted by atomic mass is 79.9. The summed E-state index contributed by atoms with van der Waals surface area (Å²) in [6.45, 7) is 3.44. The predicted octanol–water partition coefficient (Wildman–Crippen LogP) is 2.32. The second kappa shape index (κ2) is 7.34. The second-order valence-electron chi connectivity index (χ2n) is 5.13. The van der Waals surface area contributed by atoms with Gasteiger partial charge < -0.3 is 14.7 Å². The van der Waals surface area contributed by atoms with E-state index in [0.29, 0.717) is 24.6 Å². The molecule has 0 aromatic carbocycles. The van der Waals surface area contributed by atoms with Crippen LogP contribution in [0.4, 0.5) is 0 Å². The molecule has 0 aliphatic carbocycles. The van der Waals surface area contributed by atoms with Gasteiger partial charge in [0.05, 0.1) is 4.88 Å². The van der Waals surface area contributed by atoms with E-state index in [1.165, 1.54) is 0 Å². The van der Waals surface area contributed by atoms with Crippen LogP contribution in [0.3, 0.4) is 0 Å². The van der Waals surface area contributed by atoms with Crippen LogP contribution >= 0.6 is 27.3 Å². The van der Waals surface area contributed by atoms with Crippen molar-refractivity contribution in [2.24, 2.45) is 0 Å². The van der Waals surface area contributed by atoms with Crippen LogP contribution in [0.2, 0.25) is 0 Å². The van der Waals surface area contributed by atoms with E-state index < -0.39 is 0 Å². The third kappa shape index (κ3) is 3.93. The maximum Gasteiger partial charge on any atom is 0.227 e. The zero-order valence-corrected chi connectivity index (χ0v) is 14.5. The number of halogens is 1. The van der Waals surface area contributed by atoms with E-state index in [0.717, 1.165) is 41.9 Å². The quantitative estimate of drug-likeness (QED) is 0.875. The molecule has 3 rings (SSSR count). The number of aromatic nitrogens is 2. The van der Waals surface area contributed by atoms with E-state index in [9.17, 15) is 4.79 Å². The summed E-state index contributed by atoms with van der Waals surface area (Å²) in [6, 6.07) is 1.95. The highest BCUT2D eigenvalue weighted by molar-refractivity contribution is 9.10. The summed E-state index contributed by atoms with van der Waals surface area (Å²) in [5, 5.41) is 9.24. The molecule has 2 aromatic heterocycles. The van der Waals surface area contributed by atoms with Gasteiger partial charge in [0.1, 0.15) is 0 Å². The Morgan fingerprint density at radius 3 is 3.18 bits per heavy atom. The Balaban J connectivity index is 1.55. The van der Waals surface area contributed by atoms with Crippen LogP contribution in [0.25, 0.3) is 10.7 Å². The van der Waals surface area contributed by atoms with E-state index >= 15 is 0 Å². The molecule has 6 nitrogen and oxygen atoms in total. The summed E-state index contributed by atoms with van der Waals surface area (Å²) in [6.07, 6.45) is 1.90. The minimum Gasteiger partial charge on any atom is -0.341 e. The molecule has 22 heavy (non-hydrogen) atoms. The van der Waals surface area contributed by atoms with Gasteiger partial charge >= 0.3 is 0 Å². The van der Waals surface area contributed by atoms with Gasteiger partial charge in [0.2, 0.25) is 17.6 Å². The topological polar surface area (TPSA) is 71.3 Å². The van der Waals surface area contributed by atoms with E-state index in [1.54, 1.807) is 11.3 Å². The summed E-state index contributed by atoms with van der Waals surface area (Å²) in [5.74, 6) is 1.25. The maximum absolute atomic E-state index is 12.2. The molecule has 1 N–H and O–H groups in total. The SMILES string of the molecule is O=C(CCc1nc(-c2cc(Br)cs2)no1)N1CCCNCC1. The molecule has 0 bridgehead atoms. The fraction of sp³-hybridized carbons (Fsp3) is 0.500. The molecule has 8 heteroatoms. The number of hydrogen-bond acceptors (Lipinski definition) is 6. The van der Waals surface area contributed by atoms with Gasteiger partial charge in [0, 0.05) is 42.3 Å². The van der Waals surface area contributed by atoms with Crippen LogP contribution in [-0.4, -0.2) is 47.1 Å². The van der Waals surface area contributed by atoms with Crippen molar-refractivity contribution in [3.63, 3.8) is 0 Å². The second-order valence-corrected chi connectivity index (χ2v) is 6.95. The molecule has 0 saturated carbocycles. The Labute approximate surface area is 141 Å². The largest absolute Gasteiger partial charge is 0.341 e. The molecular formula is C14H17BrN4O2S. The predicted molar refractivity (Wildman–Crippen MR) is 87.7 cm³/mol. The summed E-state index contributed by atoms with van der Waals surface area (Å²) in [7, 11) is 0. The third-order valence-electron chi connectivity index (χ3n) is 3.50. The van der Waals surface area contributed by atoms with Gasteiger partial charge in [-0.25, -0.2) is 0 Å². The molecule has 0 radical (unpaired) electrons.